The lowest BCUT2D eigenvalue weighted by molar-refractivity contribution is 1.45. The van der Waals surface area contributed by atoms with Crippen LogP contribution in [0.15, 0.2) is 59.9 Å². The monoisotopic (exact) mass is 284 g/mol. The molecule has 0 radical (unpaired) electrons. The normalized spacial score (nSPS) is 11.6. The van der Waals surface area contributed by atoms with Gasteiger partial charge in [0.2, 0.25) is 0 Å². The van der Waals surface area contributed by atoms with Gasteiger partial charge in [-0.3, -0.25) is 9.69 Å². The molecule has 0 fully saturated rings. The molecule has 0 amide bonds. The van der Waals surface area contributed by atoms with E-state index in [2.05, 4.69) is 9.69 Å². The Morgan fingerprint density at radius 1 is 0.682 bits per heavy atom. The van der Waals surface area contributed by atoms with Crippen LogP contribution in [0.25, 0.3) is 21.8 Å². The average Bonchev–Trinajstić information content (AvgIpc) is 2.54. The predicted octanol–water partition coefficient (Wildman–Crippen LogP) is 5.52. The third kappa shape index (κ3) is 3.95. The van der Waals surface area contributed by atoms with Crippen molar-refractivity contribution in [1.29, 1.82) is 0 Å². The highest BCUT2D eigenvalue weighted by Gasteiger charge is 2.06. The highest BCUT2D eigenvalue weighted by atomic mass is 14.8. The number of rotatable bonds is 3. The van der Waals surface area contributed by atoms with Crippen LogP contribution in [-0.4, -0.2) is 0 Å². The van der Waals surface area contributed by atoms with Crippen molar-refractivity contribution in [2.24, 2.45) is 0 Å². The van der Waals surface area contributed by atoms with Gasteiger partial charge in [0.25, 0.3) is 0 Å². The summed E-state index contributed by atoms with van der Waals surface area (Å²) >= 11 is 0. The molecule has 0 aromatic heterocycles. The number of hydrogen-bond donors (Lipinski definition) is 0. The summed E-state index contributed by atoms with van der Waals surface area (Å²) in [5, 5.41) is 0. The van der Waals surface area contributed by atoms with E-state index < -0.39 is 0 Å². The maximum atomic E-state index is 7.36. The quantitative estimate of drug-likeness (QED) is 0.518. The zero-order valence-corrected chi connectivity index (χ0v) is 12.7. The molecule has 2 aromatic rings. The molecule has 0 unspecified atom stereocenters. The van der Waals surface area contributed by atoms with Crippen LogP contribution in [0.3, 0.4) is 0 Å². The lowest BCUT2D eigenvalue weighted by Gasteiger charge is -2.00. The van der Waals surface area contributed by atoms with Crippen molar-refractivity contribution in [2.45, 2.75) is 13.8 Å². The smallest absolute Gasteiger partial charge is 0.195 e. The van der Waals surface area contributed by atoms with Gasteiger partial charge in [0.15, 0.2) is 11.4 Å². The van der Waals surface area contributed by atoms with E-state index in [-0.39, 0.29) is 0 Å². The van der Waals surface area contributed by atoms with Crippen LogP contribution >= 0.6 is 0 Å². The Labute approximate surface area is 131 Å². The fraction of sp³-hybridized carbons (Fsp3) is 0.100. The van der Waals surface area contributed by atoms with Crippen LogP contribution < -0.4 is 0 Å². The minimum absolute atomic E-state index is 0.361. The summed E-state index contributed by atoms with van der Waals surface area (Å²) in [6, 6.07) is 15.8. The molecule has 0 N–H and O–H groups in total. The maximum absolute atomic E-state index is 7.36. The van der Waals surface area contributed by atoms with Gasteiger partial charge in [0, 0.05) is 0 Å². The molecule has 2 nitrogen and oxygen atoms in total. The van der Waals surface area contributed by atoms with Gasteiger partial charge >= 0.3 is 0 Å². The summed E-state index contributed by atoms with van der Waals surface area (Å²) in [6.45, 7) is 18.8. The zero-order valence-electron chi connectivity index (χ0n) is 12.7. The van der Waals surface area contributed by atoms with E-state index >= 15 is 0 Å². The van der Waals surface area contributed by atoms with Crippen molar-refractivity contribution < 1.29 is 0 Å². The van der Waals surface area contributed by atoms with Gasteiger partial charge < -0.3 is 0 Å². The van der Waals surface area contributed by atoms with Gasteiger partial charge in [-0.2, -0.15) is 0 Å². The van der Waals surface area contributed by atoms with E-state index in [9.17, 15) is 0 Å². The lowest BCUT2D eigenvalue weighted by atomic mass is 10.1. The Balaban J connectivity index is 2.39. The number of nitrogens with zero attached hydrogens (tertiary/aromatic N) is 2. The van der Waals surface area contributed by atoms with Gasteiger partial charge in [0.1, 0.15) is 0 Å². The SMILES string of the molecule is [C-]#[N+]C(=C\c1ccc(C)cc1)/C(=C/c1ccc(C)cc1)[N+]#[C-]. The molecular formula is C20H16N2. The van der Waals surface area contributed by atoms with E-state index in [1.807, 2.05) is 62.4 Å². The summed E-state index contributed by atoms with van der Waals surface area (Å²) in [5.41, 5.74) is 4.91. The first-order valence-electron chi connectivity index (χ1n) is 6.94. The van der Waals surface area contributed by atoms with Crippen molar-refractivity contribution in [3.8, 4) is 0 Å². The van der Waals surface area contributed by atoms with Gasteiger partial charge in [-0.25, -0.2) is 0 Å². The second-order valence-electron chi connectivity index (χ2n) is 5.10. The topological polar surface area (TPSA) is 8.72 Å². The second kappa shape index (κ2) is 7.07. The third-order valence-electron chi connectivity index (χ3n) is 3.26. The van der Waals surface area contributed by atoms with Crippen molar-refractivity contribution >= 4 is 12.2 Å². The highest BCUT2D eigenvalue weighted by Crippen LogP contribution is 2.21. The standard InChI is InChI=1S/C20H16N2/c1-15-5-9-17(10-6-15)13-19(21-3)20(22-4)14-18-11-7-16(2)8-12-18/h5-14H,1-2H3/b19-13-,20-14-. The highest BCUT2D eigenvalue weighted by molar-refractivity contribution is 5.69. The Morgan fingerprint density at radius 3 is 1.27 bits per heavy atom. The summed E-state index contributed by atoms with van der Waals surface area (Å²) in [5.74, 6) is 0. The maximum Gasteiger partial charge on any atom is 0.195 e. The largest absolute Gasteiger partial charge is 0.250 e. The average molecular weight is 284 g/mol. The van der Waals surface area contributed by atoms with Crippen molar-refractivity contribution in [3.63, 3.8) is 0 Å². The molecule has 2 rings (SSSR count). The molecule has 0 atom stereocenters. The molecule has 106 valence electrons. The summed E-state index contributed by atoms with van der Waals surface area (Å²) in [7, 11) is 0. The van der Waals surface area contributed by atoms with Gasteiger partial charge in [-0.1, -0.05) is 71.8 Å². The van der Waals surface area contributed by atoms with E-state index in [0.717, 1.165) is 11.1 Å². The first kappa shape index (κ1) is 15.3. The molecule has 0 saturated carbocycles. The number of hydrogen-bond acceptors (Lipinski definition) is 0. The van der Waals surface area contributed by atoms with E-state index in [0.29, 0.717) is 11.4 Å². The van der Waals surface area contributed by atoms with Crippen LogP contribution in [0, 0.1) is 27.0 Å². The van der Waals surface area contributed by atoms with E-state index in [1.165, 1.54) is 11.1 Å². The van der Waals surface area contributed by atoms with Crippen LogP contribution in [0.4, 0.5) is 0 Å². The molecule has 0 aliphatic carbocycles. The minimum atomic E-state index is 0.361. The minimum Gasteiger partial charge on any atom is -0.250 e. The van der Waals surface area contributed by atoms with Crippen LogP contribution in [-0.2, 0) is 0 Å². The van der Waals surface area contributed by atoms with E-state index in [1.54, 1.807) is 12.2 Å². The third-order valence-corrected chi connectivity index (χ3v) is 3.26. The molecule has 0 aliphatic rings. The van der Waals surface area contributed by atoms with Gasteiger partial charge in [-0.05, 0) is 25.0 Å². The fourth-order valence-electron chi connectivity index (χ4n) is 1.97. The first-order chi connectivity index (χ1) is 10.6. The molecule has 0 aliphatic heterocycles. The number of benzene rings is 2. The Hall–Kier alpha value is -3.10. The molecule has 0 saturated heterocycles. The van der Waals surface area contributed by atoms with Crippen LogP contribution in [0.5, 0.6) is 0 Å². The molecule has 2 aromatic carbocycles. The number of aryl methyl sites for hydroxylation is 2. The van der Waals surface area contributed by atoms with Gasteiger partial charge in [-0.15, -0.1) is 0 Å². The summed E-state index contributed by atoms with van der Waals surface area (Å²) < 4.78 is 0. The molecule has 0 bridgehead atoms. The van der Waals surface area contributed by atoms with E-state index in [4.69, 9.17) is 13.1 Å². The molecule has 2 heteroatoms. The Kier molecular flexibility index (Phi) is 4.91. The zero-order chi connectivity index (χ0) is 15.9. The molecular weight excluding hydrogens is 268 g/mol. The predicted molar refractivity (Wildman–Crippen MR) is 91.5 cm³/mol. The second-order valence-corrected chi connectivity index (χ2v) is 5.10. The molecule has 0 spiro atoms. The Morgan fingerprint density at radius 2 is 1.00 bits per heavy atom. The molecule has 22 heavy (non-hydrogen) atoms. The summed E-state index contributed by atoms with van der Waals surface area (Å²) in [4.78, 5) is 7.04. The van der Waals surface area contributed by atoms with Crippen molar-refractivity contribution in [2.75, 3.05) is 0 Å². The van der Waals surface area contributed by atoms with Crippen LogP contribution in [0.2, 0.25) is 0 Å². The fourth-order valence-corrected chi connectivity index (χ4v) is 1.97. The lowest BCUT2D eigenvalue weighted by Crippen LogP contribution is -1.83. The first-order valence-corrected chi connectivity index (χ1v) is 6.94. The Bertz CT molecular complexity index is 721. The van der Waals surface area contributed by atoms with Crippen molar-refractivity contribution in [3.05, 3.63) is 105 Å². The van der Waals surface area contributed by atoms with Crippen molar-refractivity contribution in [1.82, 2.24) is 0 Å². The van der Waals surface area contributed by atoms with Crippen LogP contribution in [0.1, 0.15) is 22.3 Å². The summed E-state index contributed by atoms with van der Waals surface area (Å²) in [6.07, 6.45) is 3.51. The van der Waals surface area contributed by atoms with Gasteiger partial charge in [0.05, 0.1) is 13.1 Å². The molecule has 0 heterocycles.